The van der Waals surface area contributed by atoms with E-state index in [0.717, 1.165) is 0 Å². The van der Waals surface area contributed by atoms with Crippen LogP contribution in [-0.2, 0) is 4.79 Å². The van der Waals surface area contributed by atoms with Gasteiger partial charge in [-0.3, -0.25) is 14.9 Å². The number of nitro groups is 1. The molecule has 1 atom stereocenters. The SMILES string of the molecule is C[C@H](C(=O)N/N=C\c1cccn1-c1ccc(OC(F)(F)F)cc1)c1ccc([N+](=O)[O-])cc1. The Bertz CT molecular complexity index is 1120. The number of benzene rings is 2. The predicted molar refractivity (Wildman–Crippen MR) is 110 cm³/mol. The van der Waals surface area contributed by atoms with E-state index in [0.29, 0.717) is 16.9 Å². The summed E-state index contributed by atoms with van der Waals surface area (Å²) in [5.74, 6) is -1.35. The maximum atomic E-state index is 12.3. The van der Waals surface area contributed by atoms with Crippen LogP contribution in [-0.4, -0.2) is 28.0 Å². The molecule has 0 aliphatic carbocycles. The molecular weight excluding hydrogens is 429 g/mol. The van der Waals surface area contributed by atoms with Gasteiger partial charge in [-0.1, -0.05) is 12.1 Å². The molecule has 1 amide bonds. The van der Waals surface area contributed by atoms with Crippen LogP contribution in [0.5, 0.6) is 5.75 Å². The van der Waals surface area contributed by atoms with E-state index < -0.39 is 23.1 Å². The van der Waals surface area contributed by atoms with Crippen molar-refractivity contribution in [2.45, 2.75) is 19.2 Å². The molecule has 0 saturated heterocycles. The van der Waals surface area contributed by atoms with Crippen molar-refractivity contribution in [1.82, 2.24) is 9.99 Å². The summed E-state index contributed by atoms with van der Waals surface area (Å²) in [6, 6.07) is 14.3. The van der Waals surface area contributed by atoms with Crippen LogP contribution in [0.15, 0.2) is 72.0 Å². The average Bonchev–Trinajstić information content (AvgIpc) is 3.21. The zero-order chi connectivity index (χ0) is 23.3. The first-order chi connectivity index (χ1) is 15.1. The number of ether oxygens (including phenoxy) is 1. The molecule has 0 fully saturated rings. The number of non-ortho nitro benzene ring substituents is 1. The summed E-state index contributed by atoms with van der Waals surface area (Å²) < 4.78 is 42.4. The molecule has 0 unspecified atom stereocenters. The molecule has 1 aromatic heterocycles. The van der Waals surface area contributed by atoms with Crippen LogP contribution in [0.2, 0.25) is 0 Å². The standard InChI is InChI=1S/C21H17F3N4O4/c1-14(15-4-6-17(7-5-15)28(30)31)20(29)26-25-13-18-3-2-12-27(18)16-8-10-19(11-9-16)32-21(22,23)24/h2-14H,1H3,(H,26,29)/b25-13-/t14-/m0/s1. The Hall–Kier alpha value is -4.15. The maximum absolute atomic E-state index is 12.3. The van der Waals surface area contributed by atoms with Crippen LogP contribution in [0, 0.1) is 10.1 Å². The van der Waals surface area contributed by atoms with E-state index in [1.54, 1.807) is 29.8 Å². The number of carbonyl (C=O) groups is 1. The third-order valence-corrected chi connectivity index (χ3v) is 4.50. The van der Waals surface area contributed by atoms with Gasteiger partial charge in [-0.05, 0) is 48.9 Å². The number of rotatable bonds is 7. The van der Waals surface area contributed by atoms with Gasteiger partial charge in [-0.2, -0.15) is 5.10 Å². The smallest absolute Gasteiger partial charge is 0.406 e. The van der Waals surface area contributed by atoms with Crippen LogP contribution in [0.4, 0.5) is 18.9 Å². The van der Waals surface area contributed by atoms with Crippen molar-refractivity contribution >= 4 is 17.8 Å². The minimum absolute atomic E-state index is 0.0712. The van der Waals surface area contributed by atoms with Crippen molar-refractivity contribution in [3.8, 4) is 11.4 Å². The Morgan fingerprint density at radius 3 is 2.41 bits per heavy atom. The normalized spacial score (nSPS) is 12.5. The van der Waals surface area contributed by atoms with Gasteiger partial charge in [-0.15, -0.1) is 13.2 Å². The zero-order valence-electron chi connectivity index (χ0n) is 16.6. The van der Waals surface area contributed by atoms with Crippen molar-refractivity contribution < 1.29 is 27.6 Å². The van der Waals surface area contributed by atoms with Gasteiger partial charge >= 0.3 is 6.36 Å². The van der Waals surface area contributed by atoms with Gasteiger partial charge in [0.2, 0.25) is 5.91 Å². The molecule has 8 nitrogen and oxygen atoms in total. The number of alkyl halides is 3. The van der Waals surface area contributed by atoms with Gasteiger partial charge in [0.25, 0.3) is 5.69 Å². The summed E-state index contributed by atoms with van der Waals surface area (Å²) in [5, 5.41) is 14.7. The van der Waals surface area contributed by atoms with Crippen molar-refractivity contribution in [3.05, 3.63) is 88.2 Å². The summed E-state index contributed by atoms with van der Waals surface area (Å²) in [6.07, 6.45) is -1.69. The highest BCUT2D eigenvalue weighted by Crippen LogP contribution is 2.24. The first kappa shape index (κ1) is 22.5. The Kier molecular flexibility index (Phi) is 6.57. The summed E-state index contributed by atoms with van der Waals surface area (Å²) >= 11 is 0. The van der Waals surface area contributed by atoms with Gasteiger partial charge in [-0.25, -0.2) is 5.43 Å². The quantitative estimate of drug-likeness (QED) is 0.327. The molecule has 11 heteroatoms. The van der Waals surface area contributed by atoms with E-state index >= 15 is 0 Å². The minimum atomic E-state index is -4.77. The number of hydrogen-bond donors (Lipinski definition) is 1. The molecule has 2 aromatic carbocycles. The highest BCUT2D eigenvalue weighted by atomic mass is 19.4. The fraction of sp³-hybridized carbons (Fsp3) is 0.143. The molecule has 166 valence electrons. The number of halogens is 3. The molecule has 0 radical (unpaired) electrons. The van der Waals surface area contributed by atoms with Crippen LogP contribution >= 0.6 is 0 Å². The second-order valence-corrected chi connectivity index (χ2v) is 6.65. The molecule has 0 bridgehead atoms. The van der Waals surface area contributed by atoms with E-state index in [4.69, 9.17) is 0 Å². The maximum Gasteiger partial charge on any atom is 0.573 e. The molecule has 0 aliphatic heterocycles. The summed E-state index contributed by atoms with van der Waals surface area (Å²) in [6.45, 7) is 1.64. The lowest BCUT2D eigenvalue weighted by atomic mass is 10.0. The van der Waals surface area contributed by atoms with E-state index in [1.807, 2.05) is 0 Å². The largest absolute Gasteiger partial charge is 0.573 e. The van der Waals surface area contributed by atoms with Gasteiger partial charge in [0.1, 0.15) is 5.75 Å². The number of carbonyl (C=O) groups excluding carboxylic acids is 1. The molecule has 3 aromatic rings. The number of hydrogen-bond acceptors (Lipinski definition) is 5. The van der Waals surface area contributed by atoms with Gasteiger partial charge in [0.05, 0.1) is 22.7 Å². The lowest BCUT2D eigenvalue weighted by Gasteiger charge is -2.11. The summed E-state index contributed by atoms with van der Waals surface area (Å²) in [5.41, 5.74) is 4.06. The molecule has 1 heterocycles. The van der Waals surface area contributed by atoms with Crippen LogP contribution in [0.3, 0.4) is 0 Å². The number of nitrogens with one attached hydrogen (secondary N) is 1. The zero-order valence-corrected chi connectivity index (χ0v) is 16.6. The second kappa shape index (κ2) is 9.33. The highest BCUT2D eigenvalue weighted by molar-refractivity contribution is 5.85. The Labute approximate surface area is 180 Å². The Balaban J connectivity index is 1.65. The molecule has 3 rings (SSSR count). The number of hydrazone groups is 1. The molecule has 0 saturated carbocycles. The first-order valence-electron chi connectivity index (χ1n) is 9.25. The number of aromatic nitrogens is 1. The Morgan fingerprint density at radius 1 is 1.16 bits per heavy atom. The molecule has 32 heavy (non-hydrogen) atoms. The fourth-order valence-corrected chi connectivity index (χ4v) is 2.84. The predicted octanol–water partition coefficient (Wildman–Crippen LogP) is 4.54. The lowest BCUT2D eigenvalue weighted by molar-refractivity contribution is -0.384. The second-order valence-electron chi connectivity index (χ2n) is 6.65. The van der Waals surface area contributed by atoms with Crippen LogP contribution < -0.4 is 10.2 Å². The third-order valence-electron chi connectivity index (χ3n) is 4.50. The minimum Gasteiger partial charge on any atom is -0.406 e. The van der Waals surface area contributed by atoms with Crippen molar-refractivity contribution in [3.63, 3.8) is 0 Å². The van der Waals surface area contributed by atoms with Gasteiger partial charge in [0.15, 0.2) is 0 Å². The van der Waals surface area contributed by atoms with E-state index in [1.165, 1.54) is 54.7 Å². The summed E-state index contributed by atoms with van der Waals surface area (Å²) in [7, 11) is 0. The Morgan fingerprint density at radius 2 is 1.81 bits per heavy atom. The average molecular weight is 446 g/mol. The molecule has 0 spiro atoms. The van der Waals surface area contributed by atoms with E-state index in [-0.39, 0.29) is 11.4 Å². The summed E-state index contributed by atoms with van der Waals surface area (Å²) in [4.78, 5) is 22.5. The van der Waals surface area contributed by atoms with Crippen LogP contribution in [0.25, 0.3) is 5.69 Å². The van der Waals surface area contributed by atoms with E-state index in [2.05, 4.69) is 15.3 Å². The van der Waals surface area contributed by atoms with E-state index in [9.17, 15) is 28.1 Å². The third kappa shape index (κ3) is 5.72. The van der Waals surface area contributed by atoms with Gasteiger partial charge in [0, 0.05) is 24.0 Å². The number of amides is 1. The topological polar surface area (TPSA) is 98.8 Å². The van der Waals surface area contributed by atoms with Crippen LogP contribution in [0.1, 0.15) is 24.1 Å². The van der Waals surface area contributed by atoms with Crippen molar-refractivity contribution in [2.24, 2.45) is 5.10 Å². The molecule has 0 aliphatic rings. The number of nitrogens with zero attached hydrogens (tertiary/aromatic N) is 3. The number of nitro benzene ring substituents is 1. The molecule has 1 N–H and O–H groups in total. The first-order valence-corrected chi connectivity index (χ1v) is 9.25. The monoisotopic (exact) mass is 446 g/mol. The van der Waals surface area contributed by atoms with Gasteiger partial charge < -0.3 is 9.30 Å². The fourth-order valence-electron chi connectivity index (χ4n) is 2.84. The van der Waals surface area contributed by atoms with Crippen molar-refractivity contribution in [2.75, 3.05) is 0 Å². The van der Waals surface area contributed by atoms with Crippen molar-refractivity contribution in [1.29, 1.82) is 0 Å². The highest BCUT2D eigenvalue weighted by Gasteiger charge is 2.31. The molecular formula is C21H17F3N4O4. The lowest BCUT2D eigenvalue weighted by Crippen LogP contribution is -2.23.